The van der Waals surface area contributed by atoms with Crippen molar-refractivity contribution in [2.24, 2.45) is 0 Å². The number of anilines is 1. The molecule has 0 amide bonds. The molecule has 0 bridgehead atoms. The maximum atomic E-state index is 9.03. The van der Waals surface area contributed by atoms with Gasteiger partial charge in [-0.3, -0.25) is 4.90 Å². The van der Waals surface area contributed by atoms with Gasteiger partial charge in [-0.25, -0.2) is 0 Å². The fraction of sp³-hybridized carbons (Fsp3) is 0.462. The van der Waals surface area contributed by atoms with E-state index >= 15 is 0 Å². The summed E-state index contributed by atoms with van der Waals surface area (Å²) >= 11 is 0. The average molecular weight is 217 g/mol. The summed E-state index contributed by atoms with van der Waals surface area (Å²) in [7, 11) is 1.98. The quantitative estimate of drug-likeness (QED) is 0.789. The minimum Gasteiger partial charge on any atom is -0.399 e. The van der Waals surface area contributed by atoms with Crippen LogP contribution in [0.5, 0.6) is 0 Å². The molecule has 0 radical (unpaired) electrons. The molecule has 0 aromatic heterocycles. The lowest BCUT2D eigenvalue weighted by molar-refractivity contribution is 0.217. The van der Waals surface area contributed by atoms with Gasteiger partial charge in [0.05, 0.1) is 12.1 Å². The van der Waals surface area contributed by atoms with Gasteiger partial charge in [0.15, 0.2) is 0 Å². The topological polar surface area (TPSA) is 53.0 Å². The minimum atomic E-state index is -0.0450. The first-order valence-electron chi connectivity index (χ1n) is 5.57. The molecule has 0 aliphatic carbocycles. The molecule has 1 aromatic rings. The molecule has 2 unspecified atom stereocenters. The number of hydrogen-bond donors (Lipinski definition) is 1. The molecular formula is C13H19N3. The molecule has 1 aromatic carbocycles. The van der Waals surface area contributed by atoms with Gasteiger partial charge in [-0.15, -0.1) is 0 Å². The summed E-state index contributed by atoms with van der Waals surface area (Å²) in [6.45, 7) is 4.12. The molecule has 0 fully saturated rings. The molecular weight excluding hydrogens is 198 g/mol. The van der Waals surface area contributed by atoms with E-state index in [0.717, 1.165) is 17.7 Å². The second kappa shape index (κ2) is 5.53. The molecule has 3 heteroatoms. The second-order valence-corrected chi connectivity index (χ2v) is 4.06. The lowest BCUT2D eigenvalue weighted by atomic mass is 10.0. The molecule has 3 nitrogen and oxygen atoms in total. The summed E-state index contributed by atoms with van der Waals surface area (Å²) in [6.07, 6.45) is 0.833. The summed E-state index contributed by atoms with van der Waals surface area (Å²) < 4.78 is 0. The van der Waals surface area contributed by atoms with Crippen LogP contribution in [-0.2, 0) is 0 Å². The minimum absolute atomic E-state index is 0.0450. The van der Waals surface area contributed by atoms with Crippen molar-refractivity contribution in [1.29, 1.82) is 5.26 Å². The van der Waals surface area contributed by atoms with Crippen molar-refractivity contribution in [3.8, 4) is 6.07 Å². The summed E-state index contributed by atoms with van der Waals surface area (Å²) in [5.74, 6) is 0. The highest BCUT2D eigenvalue weighted by Crippen LogP contribution is 2.23. The van der Waals surface area contributed by atoms with E-state index in [1.807, 2.05) is 38.2 Å². The lowest BCUT2D eigenvalue weighted by Gasteiger charge is -2.28. The number of hydrogen-bond acceptors (Lipinski definition) is 3. The van der Waals surface area contributed by atoms with Crippen LogP contribution >= 0.6 is 0 Å². The van der Waals surface area contributed by atoms with Crippen LogP contribution in [0.3, 0.4) is 0 Å². The van der Waals surface area contributed by atoms with E-state index in [4.69, 9.17) is 11.0 Å². The second-order valence-electron chi connectivity index (χ2n) is 4.06. The average Bonchev–Trinajstić information content (AvgIpc) is 2.29. The SMILES string of the molecule is CCC(C#N)N(C)C(C)c1cccc(N)c1. The van der Waals surface area contributed by atoms with E-state index in [1.54, 1.807) is 0 Å². The van der Waals surface area contributed by atoms with Gasteiger partial charge in [0, 0.05) is 11.7 Å². The van der Waals surface area contributed by atoms with Gasteiger partial charge in [-0.1, -0.05) is 19.1 Å². The molecule has 2 N–H and O–H groups in total. The first-order valence-corrected chi connectivity index (χ1v) is 5.57. The maximum Gasteiger partial charge on any atom is 0.0977 e. The summed E-state index contributed by atoms with van der Waals surface area (Å²) in [6, 6.07) is 10.3. The lowest BCUT2D eigenvalue weighted by Crippen LogP contribution is -2.32. The van der Waals surface area contributed by atoms with E-state index in [9.17, 15) is 0 Å². The van der Waals surface area contributed by atoms with Gasteiger partial charge in [-0.2, -0.15) is 5.26 Å². The number of rotatable bonds is 4. The highest BCUT2D eigenvalue weighted by Gasteiger charge is 2.18. The van der Waals surface area contributed by atoms with E-state index < -0.39 is 0 Å². The summed E-state index contributed by atoms with van der Waals surface area (Å²) in [5, 5.41) is 9.03. The zero-order chi connectivity index (χ0) is 12.1. The zero-order valence-electron chi connectivity index (χ0n) is 10.1. The molecule has 0 aliphatic rings. The van der Waals surface area contributed by atoms with Crippen molar-refractivity contribution in [2.45, 2.75) is 32.4 Å². The molecule has 0 saturated carbocycles. The highest BCUT2D eigenvalue weighted by atomic mass is 15.2. The number of nitrogens with two attached hydrogens (primary N) is 1. The Bertz CT molecular complexity index is 381. The van der Waals surface area contributed by atoms with Gasteiger partial charge in [0.2, 0.25) is 0 Å². The third-order valence-corrected chi connectivity index (χ3v) is 3.03. The molecule has 0 spiro atoms. The summed E-state index contributed by atoms with van der Waals surface area (Å²) in [4.78, 5) is 2.08. The van der Waals surface area contributed by atoms with E-state index in [2.05, 4.69) is 17.9 Å². The standard InChI is InChI=1S/C13H19N3/c1-4-13(9-14)16(3)10(2)11-6-5-7-12(15)8-11/h5-8,10,13H,4,15H2,1-3H3. The normalized spacial score (nSPS) is 14.4. The number of nitrogen functional groups attached to an aromatic ring is 1. The van der Waals surface area contributed by atoms with Gasteiger partial charge < -0.3 is 5.73 Å². The Morgan fingerprint density at radius 1 is 1.50 bits per heavy atom. The highest BCUT2D eigenvalue weighted by molar-refractivity contribution is 5.41. The van der Waals surface area contributed by atoms with Crippen molar-refractivity contribution in [2.75, 3.05) is 12.8 Å². The predicted octanol–water partition coefficient (Wildman–Crippen LogP) is 2.56. The molecule has 86 valence electrons. The molecule has 0 saturated heterocycles. The Morgan fingerprint density at radius 2 is 2.19 bits per heavy atom. The molecule has 0 heterocycles. The van der Waals surface area contributed by atoms with Crippen molar-refractivity contribution in [1.82, 2.24) is 4.90 Å². The Balaban J connectivity index is 2.85. The Labute approximate surface area is 97.5 Å². The fourth-order valence-corrected chi connectivity index (χ4v) is 1.79. The monoisotopic (exact) mass is 217 g/mol. The molecule has 1 rings (SSSR count). The molecule has 0 aliphatic heterocycles. The van der Waals surface area contributed by atoms with Crippen LogP contribution < -0.4 is 5.73 Å². The summed E-state index contributed by atoms with van der Waals surface area (Å²) in [5.41, 5.74) is 7.67. The van der Waals surface area contributed by atoms with Crippen LogP contribution in [0.15, 0.2) is 24.3 Å². The third-order valence-electron chi connectivity index (χ3n) is 3.03. The van der Waals surface area contributed by atoms with Crippen LogP contribution in [0, 0.1) is 11.3 Å². The van der Waals surface area contributed by atoms with Gasteiger partial charge in [0.25, 0.3) is 0 Å². The number of benzene rings is 1. The van der Waals surface area contributed by atoms with Crippen molar-refractivity contribution >= 4 is 5.69 Å². The predicted molar refractivity (Wildman–Crippen MR) is 66.7 cm³/mol. The number of nitriles is 1. The Kier molecular flexibility index (Phi) is 4.33. The largest absolute Gasteiger partial charge is 0.399 e. The van der Waals surface area contributed by atoms with Gasteiger partial charge >= 0.3 is 0 Å². The smallest absolute Gasteiger partial charge is 0.0977 e. The van der Waals surface area contributed by atoms with Crippen molar-refractivity contribution in [3.63, 3.8) is 0 Å². The van der Waals surface area contributed by atoms with Gasteiger partial charge in [0.1, 0.15) is 0 Å². The van der Waals surface area contributed by atoms with Crippen LogP contribution in [0.25, 0.3) is 0 Å². The number of nitrogens with zero attached hydrogens (tertiary/aromatic N) is 2. The maximum absolute atomic E-state index is 9.03. The fourth-order valence-electron chi connectivity index (χ4n) is 1.79. The van der Waals surface area contributed by atoms with Crippen LogP contribution in [0.1, 0.15) is 31.9 Å². The Hall–Kier alpha value is -1.53. The van der Waals surface area contributed by atoms with Crippen LogP contribution in [-0.4, -0.2) is 18.0 Å². The van der Waals surface area contributed by atoms with E-state index in [-0.39, 0.29) is 12.1 Å². The first kappa shape index (κ1) is 12.5. The van der Waals surface area contributed by atoms with E-state index in [0.29, 0.717) is 0 Å². The van der Waals surface area contributed by atoms with Crippen LogP contribution in [0.2, 0.25) is 0 Å². The van der Waals surface area contributed by atoms with Gasteiger partial charge in [-0.05, 0) is 38.1 Å². The Morgan fingerprint density at radius 3 is 2.69 bits per heavy atom. The molecule has 2 atom stereocenters. The van der Waals surface area contributed by atoms with Crippen molar-refractivity contribution in [3.05, 3.63) is 29.8 Å². The molecule has 16 heavy (non-hydrogen) atoms. The van der Waals surface area contributed by atoms with Crippen LogP contribution in [0.4, 0.5) is 5.69 Å². The zero-order valence-corrected chi connectivity index (χ0v) is 10.1. The third kappa shape index (κ3) is 2.74. The van der Waals surface area contributed by atoms with Crippen molar-refractivity contribution < 1.29 is 0 Å². The van der Waals surface area contributed by atoms with E-state index in [1.165, 1.54) is 0 Å². The first-order chi connectivity index (χ1) is 7.60.